The van der Waals surface area contributed by atoms with Gasteiger partial charge >= 0.3 is 6.09 Å². The first-order valence-electron chi connectivity index (χ1n) is 13.4. The molecule has 2 amide bonds. The molecule has 0 unspecified atom stereocenters. The Balaban J connectivity index is 1.48. The van der Waals surface area contributed by atoms with Crippen LogP contribution in [0.2, 0.25) is 5.02 Å². The van der Waals surface area contributed by atoms with Gasteiger partial charge in [-0.2, -0.15) is 0 Å². The van der Waals surface area contributed by atoms with Gasteiger partial charge < -0.3 is 29.6 Å². The van der Waals surface area contributed by atoms with Gasteiger partial charge in [0.25, 0.3) is 5.91 Å². The van der Waals surface area contributed by atoms with E-state index in [1.54, 1.807) is 62.8 Å². The quantitative estimate of drug-likeness (QED) is 0.282. The summed E-state index contributed by atoms with van der Waals surface area (Å²) in [6.45, 7) is 9.22. The number of benzene rings is 2. The van der Waals surface area contributed by atoms with Crippen LogP contribution in [0.3, 0.4) is 0 Å². The topological polar surface area (TPSA) is 117 Å². The number of halogens is 1. The summed E-state index contributed by atoms with van der Waals surface area (Å²) in [5.41, 5.74) is 2.06. The second kappa shape index (κ2) is 14.9. The zero-order valence-electron chi connectivity index (χ0n) is 24.2. The van der Waals surface area contributed by atoms with Gasteiger partial charge in [0.05, 0.1) is 45.5 Å². The van der Waals surface area contributed by atoms with Crippen LogP contribution in [-0.4, -0.2) is 74.7 Å². The third-order valence-electron chi connectivity index (χ3n) is 6.03. The summed E-state index contributed by atoms with van der Waals surface area (Å²) in [4.78, 5) is 37.8. The van der Waals surface area contributed by atoms with Crippen LogP contribution in [0.5, 0.6) is 5.75 Å². The van der Waals surface area contributed by atoms with Crippen molar-refractivity contribution in [1.29, 1.82) is 0 Å². The van der Waals surface area contributed by atoms with E-state index in [0.29, 0.717) is 67.1 Å². The molecule has 1 aromatic heterocycles. The molecule has 0 saturated carbocycles. The molecule has 3 aromatic rings. The van der Waals surface area contributed by atoms with Crippen molar-refractivity contribution in [3.05, 3.63) is 64.3 Å². The van der Waals surface area contributed by atoms with E-state index in [1.807, 2.05) is 19.1 Å². The average molecular weight is 588 g/mol. The summed E-state index contributed by atoms with van der Waals surface area (Å²) in [5, 5.41) is 6.80. The predicted molar refractivity (Wildman–Crippen MR) is 157 cm³/mol. The number of carbonyl (C=O) groups is 3. The molecule has 1 heterocycles. The largest absolute Gasteiger partial charge is 0.497 e. The molecule has 2 N–H and O–H groups in total. The molecule has 0 aliphatic rings. The molecule has 10 nitrogen and oxygen atoms in total. The molecule has 0 aliphatic carbocycles. The Hall–Kier alpha value is -3.60. The van der Waals surface area contributed by atoms with Crippen LogP contribution in [0.15, 0.2) is 42.5 Å². The highest BCUT2D eigenvalue weighted by atomic mass is 35.5. The lowest BCUT2D eigenvalue weighted by molar-refractivity contribution is -0.120. The van der Waals surface area contributed by atoms with Gasteiger partial charge in [0.15, 0.2) is 0 Å². The SMILES string of the molecule is COc1ccc2c(c1)c(CC(=O)NCCOCCOCCNC(=O)OC(C)(C)C)c(C)n2C(=O)c1ccc(Cl)cc1. The zero-order valence-corrected chi connectivity index (χ0v) is 24.9. The van der Waals surface area contributed by atoms with Crippen LogP contribution in [-0.2, 0) is 25.4 Å². The number of alkyl carbamates (subject to hydrolysis) is 1. The summed E-state index contributed by atoms with van der Waals surface area (Å²) in [5.74, 6) is 0.228. The van der Waals surface area contributed by atoms with E-state index in [4.69, 9.17) is 30.5 Å². The minimum Gasteiger partial charge on any atom is -0.497 e. The maximum atomic E-state index is 13.4. The van der Waals surface area contributed by atoms with Gasteiger partial charge in [-0.15, -0.1) is 0 Å². The van der Waals surface area contributed by atoms with E-state index in [2.05, 4.69) is 10.6 Å². The van der Waals surface area contributed by atoms with Crippen LogP contribution in [0.25, 0.3) is 10.9 Å². The summed E-state index contributed by atoms with van der Waals surface area (Å²) < 4.78 is 23.1. The monoisotopic (exact) mass is 587 g/mol. The Morgan fingerprint density at radius 1 is 0.902 bits per heavy atom. The number of methoxy groups -OCH3 is 1. The van der Waals surface area contributed by atoms with E-state index in [9.17, 15) is 14.4 Å². The molecule has 3 rings (SSSR count). The van der Waals surface area contributed by atoms with Gasteiger partial charge in [-0.1, -0.05) is 11.6 Å². The zero-order chi connectivity index (χ0) is 30.0. The Labute approximate surface area is 245 Å². The Morgan fingerprint density at radius 3 is 2.15 bits per heavy atom. The molecule has 41 heavy (non-hydrogen) atoms. The lowest BCUT2D eigenvalue weighted by Crippen LogP contribution is -2.34. The lowest BCUT2D eigenvalue weighted by Gasteiger charge is -2.19. The first kappa shape index (κ1) is 31.9. The van der Waals surface area contributed by atoms with Crippen LogP contribution >= 0.6 is 11.6 Å². The summed E-state index contributed by atoms with van der Waals surface area (Å²) in [6.07, 6.45) is -0.399. The number of carbonyl (C=O) groups excluding carboxylic acids is 3. The van der Waals surface area contributed by atoms with Crippen molar-refractivity contribution in [2.24, 2.45) is 0 Å². The molecule has 0 atom stereocenters. The first-order valence-corrected chi connectivity index (χ1v) is 13.7. The number of nitrogens with zero attached hydrogens (tertiary/aromatic N) is 1. The van der Waals surface area contributed by atoms with Crippen LogP contribution in [0.1, 0.15) is 42.4 Å². The van der Waals surface area contributed by atoms with E-state index >= 15 is 0 Å². The number of rotatable bonds is 13. The Bertz CT molecular complexity index is 1350. The van der Waals surface area contributed by atoms with Crippen molar-refractivity contribution in [2.75, 3.05) is 46.6 Å². The Morgan fingerprint density at radius 2 is 1.54 bits per heavy atom. The average Bonchev–Trinajstić information content (AvgIpc) is 3.18. The molecule has 2 aromatic carbocycles. The third kappa shape index (κ3) is 9.48. The van der Waals surface area contributed by atoms with Gasteiger partial charge in [-0.05, 0) is 75.7 Å². The van der Waals surface area contributed by atoms with E-state index in [0.717, 1.165) is 10.9 Å². The molecule has 0 fully saturated rings. The molecule has 0 spiro atoms. The maximum absolute atomic E-state index is 13.4. The fourth-order valence-corrected chi connectivity index (χ4v) is 4.27. The van der Waals surface area contributed by atoms with Gasteiger partial charge in [0, 0.05) is 34.8 Å². The highest BCUT2D eigenvalue weighted by Crippen LogP contribution is 2.31. The molecule has 0 radical (unpaired) electrons. The number of hydrogen-bond acceptors (Lipinski definition) is 7. The first-order chi connectivity index (χ1) is 19.5. The minimum absolute atomic E-state index is 0.0875. The van der Waals surface area contributed by atoms with Crippen LogP contribution < -0.4 is 15.4 Å². The van der Waals surface area contributed by atoms with E-state index in [1.165, 1.54) is 0 Å². The van der Waals surface area contributed by atoms with Crippen LogP contribution in [0, 0.1) is 6.92 Å². The molecule has 0 saturated heterocycles. The van der Waals surface area contributed by atoms with Gasteiger partial charge in [0.1, 0.15) is 11.4 Å². The number of ether oxygens (including phenoxy) is 4. The van der Waals surface area contributed by atoms with Crippen molar-refractivity contribution in [3.63, 3.8) is 0 Å². The van der Waals surface area contributed by atoms with Crippen molar-refractivity contribution in [3.8, 4) is 5.75 Å². The van der Waals surface area contributed by atoms with Crippen molar-refractivity contribution in [2.45, 2.75) is 39.7 Å². The fraction of sp³-hybridized carbons (Fsp3) is 0.433. The highest BCUT2D eigenvalue weighted by molar-refractivity contribution is 6.30. The van der Waals surface area contributed by atoms with Crippen molar-refractivity contribution in [1.82, 2.24) is 15.2 Å². The normalized spacial score (nSPS) is 11.4. The van der Waals surface area contributed by atoms with E-state index < -0.39 is 11.7 Å². The van der Waals surface area contributed by atoms with Crippen LogP contribution in [0.4, 0.5) is 4.79 Å². The van der Waals surface area contributed by atoms with E-state index in [-0.39, 0.29) is 18.2 Å². The Kier molecular flexibility index (Phi) is 11.6. The molecular weight excluding hydrogens is 550 g/mol. The number of aromatic nitrogens is 1. The summed E-state index contributed by atoms with van der Waals surface area (Å²) in [7, 11) is 1.57. The highest BCUT2D eigenvalue weighted by Gasteiger charge is 2.22. The fourth-order valence-electron chi connectivity index (χ4n) is 4.14. The maximum Gasteiger partial charge on any atom is 0.407 e. The number of amides is 2. The lowest BCUT2D eigenvalue weighted by atomic mass is 10.1. The van der Waals surface area contributed by atoms with Crippen molar-refractivity contribution >= 4 is 40.4 Å². The molecular formula is C30H38ClN3O7. The third-order valence-corrected chi connectivity index (χ3v) is 6.28. The molecule has 222 valence electrons. The molecule has 0 bridgehead atoms. The number of nitrogens with one attached hydrogen (secondary N) is 2. The standard InChI is InChI=1S/C30H38ClN3O7/c1-20-24(19-27(35)32-12-14-39-16-17-40-15-13-33-29(37)41-30(2,3)4)25-18-23(38-5)10-11-26(25)34(20)28(36)21-6-8-22(31)9-7-21/h6-11,18H,12-17,19H2,1-5H3,(H,32,35)(H,33,37). The van der Waals surface area contributed by atoms with Crippen molar-refractivity contribution < 1.29 is 33.3 Å². The smallest absolute Gasteiger partial charge is 0.407 e. The summed E-state index contributed by atoms with van der Waals surface area (Å²) in [6, 6.07) is 12.1. The molecule has 0 aliphatic heterocycles. The second-order valence-corrected chi connectivity index (χ2v) is 10.7. The van der Waals surface area contributed by atoms with Gasteiger partial charge in [0.2, 0.25) is 5.91 Å². The van der Waals surface area contributed by atoms with Gasteiger partial charge in [-0.25, -0.2) is 4.79 Å². The summed E-state index contributed by atoms with van der Waals surface area (Å²) >= 11 is 6.00. The number of fused-ring (bicyclic) bond motifs is 1. The minimum atomic E-state index is -0.545. The number of hydrogen-bond donors (Lipinski definition) is 2. The molecule has 11 heteroatoms. The van der Waals surface area contributed by atoms with Gasteiger partial charge in [-0.3, -0.25) is 14.2 Å². The predicted octanol–water partition coefficient (Wildman–Crippen LogP) is 4.52. The second-order valence-electron chi connectivity index (χ2n) is 10.3.